The first-order valence-corrected chi connectivity index (χ1v) is 6.50. The van der Waals surface area contributed by atoms with Crippen LogP contribution in [0.1, 0.15) is 24.8 Å². The number of nitrogens with zero attached hydrogens (tertiary/aromatic N) is 2. The molecule has 6 heteroatoms. The number of nitro groups is 1. The van der Waals surface area contributed by atoms with Crippen LogP contribution in [0.25, 0.3) is 0 Å². The van der Waals surface area contributed by atoms with Crippen LogP contribution in [-0.4, -0.2) is 17.4 Å². The maximum atomic E-state index is 11.9. The maximum absolute atomic E-state index is 11.9. The lowest BCUT2D eigenvalue weighted by atomic mass is 9.69. The van der Waals surface area contributed by atoms with Crippen molar-refractivity contribution < 1.29 is 9.72 Å². The minimum absolute atomic E-state index is 0.0516. The Bertz CT molecular complexity index is 556. The van der Waals surface area contributed by atoms with Crippen LogP contribution >= 0.6 is 0 Å². The molecule has 1 saturated carbocycles. The molecule has 1 aliphatic carbocycles. The van der Waals surface area contributed by atoms with Gasteiger partial charge in [0.05, 0.1) is 11.0 Å². The molecule has 0 spiro atoms. The SMILES string of the molecule is N#CC1(C(=O)NCCc2ccc([N+](=O)[O-])cc2)CCC1. The normalized spacial score (nSPS) is 15.8. The molecule has 0 heterocycles. The van der Waals surface area contributed by atoms with Gasteiger partial charge in [0, 0.05) is 18.7 Å². The van der Waals surface area contributed by atoms with Gasteiger partial charge in [0.1, 0.15) is 5.41 Å². The number of carbonyl (C=O) groups is 1. The first-order valence-electron chi connectivity index (χ1n) is 6.50. The number of carbonyl (C=O) groups excluding carboxylic acids is 1. The lowest BCUT2D eigenvalue weighted by Gasteiger charge is -2.33. The van der Waals surface area contributed by atoms with Crippen molar-refractivity contribution in [3.05, 3.63) is 39.9 Å². The topological polar surface area (TPSA) is 96.0 Å². The van der Waals surface area contributed by atoms with Crippen LogP contribution in [0.4, 0.5) is 5.69 Å². The highest BCUT2D eigenvalue weighted by Gasteiger charge is 2.44. The van der Waals surface area contributed by atoms with E-state index in [9.17, 15) is 14.9 Å². The Morgan fingerprint density at radius 2 is 2.05 bits per heavy atom. The molecular formula is C14H15N3O3. The Balaban J connectivity index is 1.83. The molecule has 1 aliphatic rings. The van der Waals surface area contributed by atoms with Gasteiger partial charge in [-0.15, -0.1) is 0 Å². The number of rotatable bonds is 5. The smallest absolute Gasteiger partial charge is 0.269 e. The van der Waals surface area contributed by atoms with Crippen molar-refractivity contribution in [1.82, 2.24) is 5.32 Å². The Morgan fingerprint density at radius 1 is 1.40 bits per heavy atom. The second kappa shape index (κ2) is 5.70. The lowest BCUT2D eigenvalue weighted by molar-refractivity contribution is -0.384. The van der Waals surface area contributed by atoms with Crippen LogP contribution in [-0.2, 0) is 11.2 Å². The highest BCUT2D eigenvalue weighted by molar-refractivity contribution is 5.86. The maximum Gasteiger partial charge on any atom is 0.269 e. The molecule has 0 bridgehead atoms. The molecule has 1 fully saturated rings. The van der Waals surface area contributed by atoms with Crippen molar-refractivity contribution in [2.24, 2.45) is 5.41 Å². The third-order valence-electron chi connectivity index (χ3n) is 3.70. The van der Waals surface area contributed by atoms with E-state index in [4.69, 9.17) is 5.26 Å². The van der Waals surface area contributed by atoms with E-state index in [0.29, 0.717) is 25.8 Å². The Labute approximate surface area is 116 Å². The van der Waals surface area contributed by atoms with Crippen LogP contribution in [0.2, 0.25) is 0 Å². The third-order valence-corrected chi connectivity index (χ3v) is 3.70. The van der Waals surface area contributed by atoms with E-state index in [1.165, 1.54) is 12.1 Å². The summed E-state index contributed by atoms with van der Waals surface area (Å²) in [6.07, 6.45) is 2.77. The van der Waals surface area contributed by atoms with Gasteiger partial charge in [0.25, 0.3) is 5.69 Å². The van der Waals surface area contributed by atoms with Gasteiger partial charge in [-0.3, -0.25) is 14.9 Å². The summed E-state index contributed by atoms with van der Waals surface area (Å²) < 4.78 is 0. The van der Waals surface area contributed by atoms with Crippen molar-refractivity contribution in [1.29, 1.82) is 5.26 Å². The molecule has 0 aliphatic heterocycles. The fourth-order valence-corrected chi connectivity index (χ4v) is 2.19. The highest BCUT2D eigenvalue weighted by atomic mass is 16.6. The van der Waals surface area contributed by atoms with Gasteiger partial charge in [-0.05, 0) is 31.2 Å². The molecule has 20 heavy (non-hydrogen) atoms. The van der Waals surface area contributed by atoms with E-state index in [-0.39, 0.29) is 11.6 Å². The van der Waals surface area contributed by atoms with Crippen LogP contribution < -0.4 is 5.32 Å². The molecule has 1 N–H and O–H groups in total. The number of nitro benzene ring substituents is 1. The summed E-state index contributed by atoms with van der Waals surface area (Å²) >= 11 is 0. The van der Waals surface area contributed by atoms with Crippen molar-refractivity contribution in [3.63, 3.8) is 0 Å². The van der Waals surface area contributed by atoms with Crippen LogP contribution in [0, 0.1) is 26.9 Å². The fraction of sp³-hybridized carbons (Fsp3) is 0.429. The quantitative estimate of drug-likeness (QED) is 0.655. The van der Waals surface area contributed by atoms with Crippen molar-refractivity contribution >= 4 is 11.6 Å². The number of hydrogen-bond donors (Lipinski definition) is 1. The van der Waals surface area contributed by atoms with Crippen molar-refractivity contribution in [2.75, 3.05) is 6.54 Å². The number of nitriles is 1. The van der Waals surface area contributed by atoms with Crippen LogP contribution in [0.15, 0.2) is 24.3 Å². The molecule has 1 amide bonds. The zero-order valence-corrected chi connectivity index (χ0v) is 11.0. The Morgan fingerprint density at radius 3 is 2.50 bits per heavy atom. The Hall–Kier alpha value is -2.42. The summed E-state index contributed by atoms with van der Waals surface area (Å²) in [6.45, 7) is 0.431. The number of hydrogen-bond acceptors (Lipinski definition) is 4. The third kappa shape index (κ3) is 2.77. The number of amides is 1. The average molecular weight is 273 g/mol. The van der Waals surface area contributed by atoms with Gasteiger partial charge in [-0.1, -0.05) is 12.1 Å². The van der Waals surface area contributed by atoms with Crippen LogP contribution in [0.5, 0.6) is 0 Å². The minimum Gasteiger partial charge on any atom is -0.354 e. The summed E-state index contributed by atoms with van der Waals surface area (Å²) in [6, 6.07) is 8.33. The average Bonchev–Trinajstić information content (AvgIpc) is 2.38. The van der Waals surface area contributed by atoms with E-state index in [2.05, 4.69) is 11.4 Å². The number of benzene rings is 1. The van der Waals surface area contributed by atoms with Crippen LogP contribution in [0.3, 0.4) is 0 Å². The van der Waals surface area contributed by atoms with Gasteiger partial charge in [-0.2, -0.15) is 5.26 Å². The molecule has 0 aromatic heterocycles. The molecule has 0 radical (unpaired) electrons. The monoisotopic (exact) mass is 273 g/mol. The van der Waals surface area contributed by atoms with E-state index in [1.54, 1.807) is 12.1 Å². The van der Waals surface area contributed by atoms with Gasteiger partial charge in [0.2, 0.25) is 5.91 Å². The Kier molecular flexibility index (Phi) is 3.99. The summed E-state index contributed by atoms with van der Waals surface area (Å²) in [5, 5.41) is 22.3. The van der Waals surface area contributed by atoms with E-state index in [1.807, 2.05) is 0 Å². The molecular weight excluding hydrogens is 258 g/mol. The molecule has 6 nitrogen and oxygen atoms in total. The standard InChI is InChI=1S/C14H15N3O3/c15-10-14(7-1-8-14)13(18)16-9-6-11-2-4-12(5-3-11)17(19)20/h2-5H,1,6-9H2,(H,16,18). The predicted octanol–water partition coefficient (Wildman–Crippen LogP) is 1.95. The summed E-state index contributed by atoms with van der Waals surface area (Å²) in [5.41, 5.74) is 0.140. The second-order valence-electron chi connectivity index (χ2n) is 4.98. The first-order chi connectivity index (χ1) is 9.57. The number of non-ortho nitro benzene ring substituents is 1. The highest BCUT2D eigenvalue weighted by Crippen LogP contribution is 2.40. The molecule has 2 rings (SSSR count). The zero-order chi connectivity index (χ0) is 14.6. The first kappa shape index (κ1) is 14.0. The fourth-order valence-electron chi connectivity index (χ4n) is 2.19. The molecule has 1 aromatic rings. The predicted molar refractivity (Wildman–Crippen MR) is 71.7 cm³/mol. The van der Waals surface area contributed by atoms with Gasteiger partial charge in [-0.25, -0.2) is 0 Å². The van der Waals surface area contributed by atoms with E-state index in [0.717, 1.165) is 12.0 Å². The second-order valence-corrected chi connectivity index (χ2v) is 4.98. The van der Waals surface area contributed by atoms with E-state index < -0.39 is 10.3 Å². The minimum atomic E-state index is -0.824. The van der Waals surface area contributed by atoms with Crippen molar-refractivity contribution in [2.45, 2.75) is 25.7 Å². The van der Waals surface area contributed by atoms with Gasteiger partial charge < -0.3 is 5.32 Å². The molecule has 0 unspecified atom stereocenters. The van der Waals surface area contributed by atoms with Crippen molar-refractivity contribution in [3.8, 4) is 6.07 Å². The number of nitrogens with one attached hydrogen (secondary N) is 1. The molecule has 0 atom stereocenters. The zero-order valence-electron chi connectivity index (χ0n) is 11.0. The summed E-state index contributed by atoms with van der Waals surface area (Å²) in [4.78, 5) is 22.0. The largest absolute Gasteiger partial charge is 0.354 e. The summed E-state index contributed by atoms with van der Waals surface area (Å²) in [7, 11) is 0. The van der Waals surface area contributed by atoms with Gasteiger partial charge >= 0.3 is 0 Å². The molecule has 1 aromatic carbocycles. The summed E-state index contributed by atoms with van der Waals surface area (Å²) in [5.74, 6) is -0.201. The van der Waals surface area contributed by atoms with Gasteiger partial charge in [0.15, 0.2) is 0 Å². The van der Waals surface area contributed by atoms with E-state index >= 15 is 0 Å². The lowest BCUT2D eigenvalue weighted by Crippen LogP contribution is -2.45. The molecule has 0 saturated heterocycles. The molecule has 104 valence electrons.